The fraction of sp³-hybridized carbons (Fsp3) is 0.552. The maximum absolute atomic E-state index is 15.4. The predicted octanol–water partition coefficient (Wildman–Crippen LogP) is 3.42. The number of halogens is 2. The summed E-state index contributed by atoms with van der Waals surface area (Å²) in [6.45, 7) is 10.2. The van der Waals surface area contributed by atoms with Crippen molar-refractivity contribution in [3.05, 3.63) is 40.2 Å². The number of piperidine rings is 1. The van der Waals surface area contributed by atoms with Crippen LogP contribution in [0.3, 0.4) is 0 Å². The van der Waals surface area contributed by atoms with Gasteiger partial charge < -0.3 is 27.0 Å². The monoisotopic (exact) mass is 602 g/mol. The number of aryl methyl sites for hydroxylation is 2. The van der Waals surface area contributed by atoms with Crippen molar-refractivity contribution >= 4 is 46.1 Å². The van der Waals surface area contributed by atoms with Gasteiger partial charge in [0.1, 0.15) is 12.4 Å². The van der Waals surface area contributed by atoms with Crippen LogP contribution in [-0.4, -0.2) is 56.9 Å². The van der Waals surface area contributed by atoms with E-state index in [9.17, 15) is 9.59 Å². The number of hydrogen-bond acceptors (Lipinski definition) is 7. The normalized spacial score (nSPS) is 14.4. The number of likely N-dealkylation sites (tertiary alicyclic amines) is 1. The average Bonchev–Trinajstić information content (AvgIpc) is 3.27. The molecule has 1 saturated heterocycles. The minimum atomic E-state index is -0.584. The zero-order valence-electron chi connectivity index (χ0n) is 24.7. The van der Waals surface area contributed by atoms with Crippen molar-refractivity contribution < 1.29 is 18.5 Å². The average molecular weight is 603 g/mol. The van der Waals surface area contributed by atoms with E-state index in [1.165, 1.54) is 31.7 Å². The lowest BCUT2D eigenvalue weighted by Gasteiger charge is -2.32. The second-order valence-electron chi connectivity index (χ2n) is 10.7. The Kier molecular flexibility index (Phi) is 10.6. The van der Waals surface area contributed by atoms with Crippen LogP contribution in [0.5, 0.6) is 0 Å². The fourth-order valence-electron chi connectivity index (χ4n) is 5.66. The van der Waals surface area contributed by atoms with Crippen molar-refractivity contribution in [1.29, 1.82) is 0 Å². The van der Waals surface area contributed by atoms with E-state index in [4.69, 9.17) is 23.1 Å². The van der Waals surface area contributed by atoms with Gasteiger partial charge in [-0.15, -0.1) is 0 Å². The number of fused-ring (bicyclic) bond motifs is 1. The first kappa shape index (κ1) is 31.4. The van der Waals surface area contributed by atoms with Crippen LogP contribution in [0.15, 0.2) is 12.1 Å². The molecule has 1 aromatic carbocycles. The molecule has 228 valence electrons. The molecule has 3 aromatic rings. The Morgan fingerprint density at radius 1 is 1.07 bits per heavy atom. The number of imidazole rings is 1. The van der Waals surface area contributed by atoms with Crippen LogP contribution in [0, 0.1) is 5.82 Å². The van der Waals surface area contributed by atoms with Crippen LogP contribution in [0.2, 0.25) is 5.15 Å². The zero-order valence-corrected chi connectivity index (χ0v) is 25.4. The number of aromatic nitrogens is 4. The molecule has 2 aromatic heterocycles. The van der Waals surface area contributed by atoms with Crippen LogP contribution in [0.1, 0.15) is 86.0 Å². The third-order valence-electron chi connectivity index (χ3n) is 7.92. The molecule has 13 heteroatoms. The molecule has 1 aliphatic heterocycles. The lowest BCUT2D eigenvalue weighted by atomic mass is 10.0. The third-order valence-corrected chi connectivity index (χ3v) is 8.20. The van der Waals surface area contributed by atoms with Crippen LogP contribution < -0.4 is 26.7 Å². The highest BCUT2D eigenvalue weighted by atomic mass is 35.5. The van der Waals surface area contributed by atoms with Crippen molar-refractivity contribution in [2.75, 3.05) is 31.1 Å². The first-order valence-electron chi connectivity index (χ1n) is 14.8. The highest BCUT2D eigenvalue weighted by molar-refractivity contribution is 6.31. The van der Waals surface area contributed by atoms with Gasteiger partial charge in [-0.1, -0.05) is 37.8 Å². The van der Waals surface area contributed by atoms with E-state index in [0.29, 0.717) is 24.1 Å². The number of hydrogen-bond donors (Lipinski definition) is 4. The van der Waals surface area contributed by atoms with Gasteiger partial charge in [-0.25, -0.2) is 23.5 Å². The maximum Gasteiger partial charge on any atom is 0.277 e. The standard InChI is InChI=1S/C29H41ClFN9O2/c1-4-7-8-9-12-38-13-10-18(11-14-38)35-28(41)19-15-21-22(16-20(19)31)40(6-3)23(39(21)5-2)17-34-29(42)24-26(32)37-27(33)25(30)36-24/h15-16,18H,4-14,17H2,1-3H3,(H5-,32,33,34,35,37,41,42)/p+1. The molecule has 0 spiro atoms. The van der Waals surface area contributed by atoms with Crippen molar-refractivity contribution in [3.8, 4) is 0 Å². The number of nitrogens with two attached hydrogens (primary N) is 2. The van der Waals surface area contributed by atoms with E-state index in [1.807, 2.05) is 23.0 Å². The van der Waals surface area contributed by atoms with E-state index >= 15 is 4.39 Å². The molecule has 0 saturated carbocycles. The Morgan fingerprint density at radius 2 is 1.81 bits per heavy atom. The number of unbranched alkanes of at least 4 members (excludes halogenated alkanes) is 3. The lowest BCUT2D eigenvalue weighted by molar-refractivity contribution is -0.676. The second kappa shape index (κ2) is 14.1. The summed E-state index contributed by atoms with van der Waals surface area (Å²) in [6, 6.07) is 3.02. The van der Waals surface area contributed by atoms with E-state index in [2.05, 4.69) is 32.4 Å². The quantitative estimate of drug-likeness (QED) is 0.183. The van der Waals surface area contributed by atoms with Crippen molar-refractivity contribution in [2.45, 2.75) is 85.0 Å². The lowest BCUT2D eigenvalue weighted by Crippen LogP contribution is -2.45. The molecule has 2 amide bonds. The van der Waals surface area contributed by atoms with Gasteiger partial charge in [0, 0.05) is 31.3 Å². The Labute approximate surface area is 250 Å². The summed E-state index contributed by atoms with van der Waals surface area (Å²) in [5, 5.41) is 5.75. The van der Waals surface area contributed by atoms with E-state index in [-0.39, 0.29) is 40.6 Å². The Bertz CT molecular complexity index is 1440. The molecule has 3 heterocycles. The summed E-state index contributed by atoms with van der Waals surface area (Å²) in [4.78, 5) is 36.4. The molecule has 0 atom stereocenters. The van der Waals surface area contributed by atoms with Gasteiger partial charge in [-0.2, -0.15) is 0 Å². The number of nitrogens with one attached hydrogen (secondary N) is 2. The summed E-state index contributed by atoms with van der Waals surface area (Å²) >= 11 is 5.93. The number of carbonyl (C=O) groups excluding carboxylic acids is 2. The SMILES string of the molecule is CCCCCCN1CCC(NC(=O)c2cc3c(cc2F)n(CC)c(CNC(=O)c2nc(Cl)c(N)nc2N)[n+]3CC)CC1. The summed E-state index contributed by atoms with van der Waals surface area (Å²) in [6.07, 6.45) is 6.64. The van der Waals surface area contributed by atoms with Gasteiger partial charge in [0.05, 0.1) is 18.7 Å². The topological polar surface area (TPSA) is 148 Å². The minimum Gasteiger partial charge on any atom is -0.382 e. The number of nitrogen functional groups attached to an aromatic ring is 2. The largest absolute Gasteiger partial charge is 0.382 e. The summed E-state index contributed by atoms with van der Waals surface area (Å²) in [5.41, 5.74) is 12.7. The molecular weight excluding hydrogens is 561 g/mol. The van der Waals surface area contributed by atoms with Gasteiger partial charge in [-0.3, -0.25) is 9.59 Å². The molecular formula is C29H42ClFN9O2+. The smallest absolute Gasteiger partial charge is 0.277 e. The van der Waals surface area contributed by atoms with Crippen molar-refractivity contribution in [3.63, 3.8) is 0 Å². The molecule has 0 bridgehead atoms. The zero-order chi connectivity index (χ0) is 30.4. The number of anilines is 2. The van der Waals surface area contributed by atoms with E-state index in [1.54, 1.807) is 6.07 Å². The fourth-order valence-corrected chi connectivity index (χ4v) is 5.78. The molecule has 6 N–H and O–H groups in total. The summed E-state index contributed by atoms with van der Waals surface area (Å²) < 4.78 is 19.3. The number of carbonyl (C=O) groups is 2. The van der Waals surface area contributed by atoms with E-state index < -0.39 is 17.6 Å². The molecule has 11 nitrogen and oxygen atoms in total. The first-order chi connectivity index (χ1) is 20.2. The Hall–Kier alpha value is -3.51. The first-order valence-corrected chi connectivity index (χ1v) is 15.2. The highest BCUT2D eigenvalue weighted by Gasteiger charge is 2.29. The summed E-state index contributed by atoms with van der Waals surface area (Å²) in [7, 11) is 0. The third kappa shape index (κ3) is 6.92. The minimum absolute atomic E-state index is 0.00935. The highest BCUT2D eigenvalue weighted by Crippen LogP contribution is 2.22. The van der Waals surface area contributed by atoms with Crippen molar-refractivity contribution in [1.82, 2.24) is 30.1 Å². The van der Waals surface area contributed by atoms with Gasteiger partial charge >= 0.3 is 0 Å². The molecule has 0 radical (unpaired) electrons. The van der Waals surface area contributed by atoms with E-state index in [0.717, 1.165) is 38.3 Å². The molecule has 42 heavy (non-hydrogen) atoms. The molecule has 1 aliphatic rings. The number of benzene rings is 1. The van der Waals surface area contributed by atoms with Gasteiger partial charge in [0.25, 0.3) is 17.6 Å². The second-order valence-corrected chi connectivity index (χ2v) is 11.0. The van der Waals surface area contributed by atoms with Gasteiger partial charge in [-0.05, 0) is 39.7 Å². The van der Waals surface area contributed by atoms with Crippen LogP contribution in [0.4, 0.5) is 16.0 Å². The van der Waals surface area contributed by atoms with Crippen LogP contribution in [-0.2, 0) is 19.6 Å². The van der Waals surface area contributed by atoms with Crippen LogP contribution >= 0.6 is 11.6 Å². The molecule has 0 aliphatic carbocycles. The van der Waals surface area contributed by atoms with Gasteiger partial charge in [0.2, 0.25) is 0 Å². The number of amides is 2. The summed E-state index contributed by atoms with van der Waals surface area (Å²) in [5.74, 6) is -1.05. The van der Waals surface area contributed by atoms with Crippen molar-refractivity contribution in [2.24, 2.45) is 0 Å². The molecule has 4 rings (SSSR count). The number of nitrogens with zero attached hydrogens (tertiary/aromatic N) is 5. The van der Waals surface area contributed by atoms with Gasteiger partial charge in [0.15, 0.2) is 33.5 Å². The maximum atomic E-state index is 15.4. The molecule has 1 fully saturated rings. The Morgan fingerprint density at radius 3 is 2.48 bits per heavy atom. The predicted molar refractivity (Wildman–Crippen MR) is 162 cm³/mol. The Balaban J connectivity index is 1.49. The number of rotatable bonds is 12. The molecule has 0 unspecified atom stereocenters. The van der Waals surface area contributed by atoms with Crippen LogP contribution in [0.25, 0.3) is 11.0 Å².